The number of hydrogen-bond donors (Lipinski definition) is 1. The number of nitrogens with one attached hydrogen (secondary N) is 1. The maximum absolute atomic E-state index is 14.1. The molecule has 0 aliphatic rings. The molecule has 1 aromatic carbocycles. The van der Waals surface area contributed by atoms with Crippen LogP contribution in [0.15, 0.2) is 49.3 Å². The summed E-state index contributed by atoms with van der Waals surface area (Å²) >= 11 is 0. The van der Waals surface area contributed by atoms with E-state index in [0.29, 0.717) is 12.2 Å². The molecule has 3 aromatic rings. The third kappa shape index (κ3) is 3.40. The summed E-state index contributed by atoms with van der Waals surface area (Å²) in [5.74, 6) is -0.250. The van der Waals surface area contributed by atoms with Gasteiger partial charge in [0.2, 0.25) is 0 Å². The third-order valence-electron chi connectivity index (χ3n) is 3.40. The zero-order valence-electron chi connectivity index (χ0n) is 12.4. The van der Waals surface area contributed by atoms with Gasteiger partial charge in [-0.25, -0.2) is 9.37 Å². The predicted octanol–water partition coefficient (Wildman–Crippen LogP) is 2.31. The van der Waals surface area contributed by atoms with Crippen LogP contribution in [0, 0.1) is 12.7 Å². The maximum Gasteiger partial charge on any atom is 0.147 e. The number of aromatic nitrogens is 4. The van der Waals surface area contributed by atoms with Crippen molar-refractivity contribution in [2.75, 3.05) is 6.54 Å². The van der Waals surface area contributed by atoms with Gasteiger partial charge in [-0.1, -0.05) is 6.07 Å². The molecule has 2 heterocycles. The normalized spacial score (nSPS) is 11.0. The van der Waals surface area contributed by atoms with Crippen molar-refractivity contribution < 1.29 is 4.39 Å². The SMILES string of the molecule is Cc1cnn(CCNCc2ccc(-n3ccnc3)c(F)c2)c1. The molecule has 6 heteroatoms. The van der Waals surface area contributed by atoms with Gasteiger partial charge in [0, 0.05) is 31.7 Å². The molecule has 5 nitrogen and oxygen atoms in total. The molecule has 0 amide bonds. The number of benzene rings is 1. The summed E-state index contributed by atoms with van der Waals surface area (Å²) in [6.45, 7) is 4.22. The van der Waals surface area contributed by atoms with Crippen LogP contribution in [0.3, 0.4) is 0 Å². The summed E-state index contributed by atoms with van der Waals surface area (Å²) in [6, 6.07) is 5.24. The van der Waals surface area contributed by atoms with E-state index in [1.54, 1.807) is 35.4 Å². The highest BCUT2D eigenvalue weighted by Crippen LogP contribution is 2.14. The molecule has 0 aliphatic carbocycles. The molecule has 0 unspecified atom stereocenters. The number of halogens is 1. The first kappa shape index (κ1) is 14.5. The lowest BCUT2D eigenvalue weighted by molar-refractivity contribution is 0.552. The molecule has 0 aliphatic heterocycles. The topological polar surface area (TPSA) is 47.7 Å². The Morgan fingerprint density at radius 3 is 2.91 bits per heavy atom. The summed E-state index contributed by atoms with van der Waals surface area (Å²) in [6.07, 6.45) is 8.78. The monoisotopic (exact) mass is 299 g/mol. The van der Waals surface area contributed by atoms with Crippen LogP contribution in [-0.2, 0) is 13.1 Å². The van der Waals surface area contributed by atoms with Crippen molar-refractivity contribution in [3.63, 3.8) is 0 Å². The van der Waals surface area contributed by atoms with Crippen LogP contribution in [-0.4, -0.2) is 25.9 Å². The van der Waals surface area contributed by atoms with Crippen LogP contribution in [0.2, 0.25) is 0 Å². The third-order valence-corrected chi connectivity index (χ3v) is 3.40. The fraction of sp³-hybridized carbons (Fsp3) is 0.250. The second-order valence-corrected chi connectivity index (χ2v) is 5.21. The molecule has 3 rings (SSSR count). The Morgan fingerprint density at radius 2 is 2.23 bits per heavy atom. The van der Waals surface area contributed by atoms with E-state index in [9.17, 15) is 4.39 Å². The average molecular weight is 299 g/mol. The van der Waals surface area contributed by atoms with Crippen LogP contribution in [0.25, 0.3) is 5.69 Å². The minimum atomic E-state index is -0.250. The lowest BCUT2D eigenvalue weighted by Gasteiger charge is -2.08. The van der Waals surface area contributed by atoms with Gasteiger partial charge < -0.3 is 9.88 Å². The molecular weight excluding hydrogens is 281 g/mol. The molecule has 1 N–H and O–H groups in total. The lowest BCUT2D eigenvalue weighted by Crippen LogP contribution is -2.19. The average Bonchev–Trinajstić information content (AvgIpc) is 3.15. The Labute approximate surface area is 128 Å². The molecule has 2 aromatic heterocycles. The molecule has 0 bridgehead atoms. The van der Waals surface area contributed by atoms with Gasteiger partial charge in [0.25, 0.3) is 0 Å². The quantitative estimate of drug-likeness (QED) is 0.711. The van der Waals surface area contributed by atoms with Crippen molar-refractivity contribution in [1.29, 1.82) is 0 Å². The Morgan fingerprint density at radius 1 is 1.32 bits per heavy atom. The van der Waals surface area contributed by atoms with Crippen LogP contribution in [0.5, 0.6) is 0 Å². The van der Waals surface area contributed by atoms with Crippen LogP contribution in [0.1, 0.15) is 11.1 Å². The van der Waals surface area contributed by atoms with Crippen molar-refractivity contribution >= 4 is 0 Å². The van der Waals surface area contributed by atoms with Gasteiger partial charge >= 0.3 is 0 Å². The minimum absolute atomic E-state index is 0.250. The van der Waals surface area contributed by atoms with Crippen LogP contribution >= 0.6 is 0 Å². The summed E-state index contributed by atoms with van der Waals surface area (Å²) in [7, 11) is 0. The number of nitrogens with zero attached hydrogens (tertiary/aromatic N) is 4. The fourth-order valence-corrected chi connectivity index (χ4v) is 2.29. The van der Waals surface area contributed by atoms with Gasteiger partial charge in [0.05, 0.1) is 24.8 Å². The molecule has 0 spiro atoms. The summed E-state index contributed by atoms with van der Waals surface area (Å²) in [5, 5.41) is 7.52. The van der Waals surface area contributed by atoms with E-state index >= 15 is 0 Å². The Balaban J connectivity index is 1.54. The summed E-state index contributed by atoms with van der Waals surface area (Å²) in [4.78, 5) is 3.93. The second-order valence-electron chi connectivity index (χ2n) is 5.21. The standard InChI is InChI=1S/C16H18FN5/c1-13-9-20-22(11-13)7-5-18-10-14-2-3-16(15(17)8-14)21-6-4-19-12-21/h2-4,6,8-9,11-12,18H,5,7,10H2,1H3. The molecule has 0 atom stereocenters. The van der Waals surface area contributed by atoms with Gasteiger partial charge in [0.15, 0.2) is 0 Å². The molecular formula is C16H18FN5. The number of hydrogen-bond acceptors (Lipinski definition) is 3. The Kier molecular flexibility index (Phi) is 4.29. The van der Waals surface area contributed by atoms with E-state index in [-0.39, 0.29) is 5.82 Å². The zero-order valence-corrected chi connectivity index (χ0v) is 12.4. The molecule has 22 heavy (non-hydrogen) atoms. The smallest absolute Gasteiger partial charge is 0.147 e. The minimum Gasteiger partial charge on any atom is -0.311 e. The first-order valence-corrected chi connectivity index (χ1v) is 7.19. The summed E-state index contributed by atoms with van der Waals surface area (Å²) in [5.41, 5.74) is 2.57. The highest BCUT2D eigenvalue weighted by molar-refractivity contribution is 5.36. The maximum atomic E-state index is 14.1. The number of rotatable bonds is 6. The van der Waals surface area contributed by atoms with E-state index in [0.717, 1.165) is 24.2 Å². The van der Waals surface area contributed by atoms with Crippen molar-refractivity contribution in [2.24, 2.45) is 0 Å². The highest BCUT2D eigenvalue weighted by atomic mass is 19.1. The van der Waals surface area contributed by atoms with Crippen molar-refractivity contribution in [1.82, 2.24) is 24.6 Å². The lowest BCUT2D eigenvalue weighted by atomic mass is 10.2. The molecule has 114 valence electrons. The first-order valence-electron chi connectivity index (χ1n) is 7.19. The highest BCUT2D eigenvalue weighted by Gasteiger charge is 2.05. The van der Waals surface area contributed by atoms with Crippen molar-refractivity contribution in [3.05, 3.63) is 66.3 Å². The van der Waals surface area contributed by atoms with Crippen LogP contribution in [0.4, 0.5) is 4.39 Å². The van der Waals surface area contributed by atoms with E-state index in [1.807, 2.05) is 30.1 Å². The number of aryl methyl sites for hydroxylation is 1. The molecule has 0 saturated carbocycles. The predicted molar refractivity (Wildman–Crippen MR) is 82.2 cm³/mol. The molecule has 0 fully saturated rings. The largest absolute Gasteiger partial charge is 0.311 e. The van der Waals surface area contributed by atoms with Crippen LogP contribution < -0.4 is 5.32 Å². The Bertz CT molecular complexity index is 733. The van der Waals surface area contributed by atoms with E-state index < -0.39 is 0 Å². The fourth-order valence-electron chi connectivity index (χ4n) is 2.29. The second kappa shape index (κ2) is 6.53. The van der Waals surface area contributed by atoms with Gasteiger partial charge in [-0.3, -0.25) is 4.68 Å². The van der Waals surface area contributed by atoms with Crippen molar-refractivity contribution in [2.45, 2.75) is 20.0 Å². The van der Waals surface area contributed by atoms with E-state index in [2.05, 4.69) is 15.4 Å². The zero-order chi connectivity index (χ0) is 15.4. The van der Waals surface area contributed by atoms with Gasteiger partial charge in [-0.2, -0.15) is 5.10 Å². The van der Waals surface area contributed by atoms with Crippen molar-refractivity contribution in [3.8, 4) is 5.69 Å². The Hall–Kier alpha value is -2.47. The molecule has 0 saturated heterocycles. The van der Waals surface area contributed by atoms with E-state index in [1.165, 1.54) is 0 Å². The van der Waals surface area contributed by atoms with Gasteiger partial charge in [0.1, 0.15) is 5.82 Å². The van der Waals surface area contributed by atoms with Gasteiger partial charge in [-0.15, -0.1) is 0 Å². The first-order chi connectivity index (χ1) is 10.7. The number of imidazole rings is 1. The van der Waals surface area contributed by atoms with Gasteiger partial charge in [-0.05, 0) is 30.2 Å². The molecule has 0 radical (unpaired) electrons. The summed E-state index contributed by atoms with van der Waals surface area (Å²) < 4.78 is 17.7. The van der Waals surface area contributed by atoms with E-state index in [4.69, 9.17) is 0 Å².